The zero-order valence-corrected chi connectivity index (χ0v) is 10.0. The summed E-state index contributed by atoms with van der Waals surface area (Å²) >= 11 is 1.57. The molecule has 88 valence electrons. The van der Waals surface area contributed by atoms with E-state index in [1.54, 1.807) is 11.8 Å². The summed E-state index contributed by atoms with van der Waals surface area (Å²) in [5.41, 5.74) is 5.10. The van der Waals surface area contributed by atoms with Gasteiger partial charge >= 0.3 is 0 Å². The minimum Gasteiger partial charge on any atom is -0.370 e. The van der Waals surface area contributed by atoms with Crippen molar-refractivity contribution in [2.45, 2.75) is 43.8 Å². The zero-order chi connectivity index (χ0) is 11.4. The van der Waals surface area contributed by atoms with Gasteiger partial charge in [-0.3, -0.25) is 4.79 Å². The Morgan fingerprint density at radius 1 is 1.38 bits per heavy atom. The van der Waals surface area contributed by atoms with Crippen LogP contribution in [-0.2, 0) is 17.8 Å². The molecule has 2 N–H and O–H groups in total. The fourth-order valence-electron chi connectivity index (χ4n) is 1.81. The van der Waals surface area contributed by atoms with Crippen molar-refractivity contribution in [1.29, 1.82) is 0 Å². The van der Waals surface area contributed by atoms with Gasteiger partial charge in [0.15, 0.2) is 5.16 Å². The van der Waals surface area contributed by atoms with E-state index in [1.165, 1.54) is 19.3 Å². The highest BCUT2D eigenvalue weighted by Gasteiger charge is 2.14. The van der Waals surface area contributed by atoms with Crippen LogP contribution in [-0.4, -0.2) is 26.4 Å². The summed E-state index contributed by atoms with van der Waals surface area (Å²) in [4.78, 5) is 10.6. The number of aryl methyl sites for hydroxylation is 1. The van der Waals surface area contributed by atoms with Crippen LogP contribution in [0.15, 0.2) is 5.16 Å². The number of nitrogens with two attached hydrogens (primary N) is 1. The number of carbonyl (C=O) groups is 1. The van der Waals surface area contributed by atoms with Crippen molar-refractivity contribution in [2.75, 3.05) is 5.75 Å². The topological polar surface area (TPSA) is 73.8 Å². The van der Waals surface area contributed by atoms with Gasteiger partial charge in [0, 0.05) is 25.1 Å². The third kappa shape index (κ3) is 2.75. The minimum absolute atomic E-state index is 0.261. The Balaban J connectivity index is 1.99. The predicted molar refractivity (Wildman–Crippen MR) is 62.1 cm³/mol. The van der Waals surface area contributed by atoms with Crippen molar-refractivity contribution in [3.8, 4) is 0 Å². The highest BCUT2D eigenvalue weighted by atomic mass is 32.2. The van der Waals surface area contributed by atoms with Crippen LogP contribution in [0.2, 0.25) is 0 Å². The smallest absolute Gasteiger partial charge is 0.218 e. The van der Waals surface area contributed by atoms with Gasteiger partial charge in [-0.05, 0) is 12.8 Å². The summed E-state index contributed by atoms with van der Waals surface area (Å²) in [6.45, 7) is 1.00. The first-order valence-electron chi connectivity index (χ1n) is 5.60. The predicted octanol–water partition coefficient (Wildman–Crippen LogP) is 0.972. The molecule has 0 saturated heterocycles. The van der Waals surface area contributed by atoms with Gasteiger partial charge in [0.2, 0.25) is 5.91 Å². The molecule has 1 aliphatic heterocycles. The van der Waals surface area contributed by atoms with Crippen LogP contribution in [0, 0.1) is 0 Å². The second-order valence-electron chi connectivity index (χ2n) is 3.93. The molecule has 0 aliphatic carbocycles. The van der Waals surface area contributed by atoms with Crippen molar-refractivity contribution in [1.82, 2.24) is 14.8 Å². The Morgan fingerprint density at radius 2 is 2.25 bits per heavy atom. The maximum Gasteiger partial charge on any atom is 0.218 e. The van der Waals surface area contributed by atoms with E-state index in [0.29, 0.717) is 12.2 Å². The molecule has 2 rings (SSSR count). The van der Waals surface area contributed by atoms with Crippen molar-refractivity contribution in [2.24, 2.45) is 5.73 Å². The van der Waals surface area contributed by atoms with E-state index in [1.807, 2.05) is 0 Å². The SMILES string of the molecule is NC(=O)CCSc1nnc2n1CCCCC2. The molecule has 16 heavy (non-hydrogen) atoms. The van der Waals surface area contributed by atoms with Gasteiger partial charge in [0.25, 0.3) is 0 Å². The van der Waals surface area contributed by atoms with Gasteiger partial charge in [-0.25, -0.2) is 0 Å². The molecule has 1 aliphatic rings. The average molecular weight is 240 g/mol. The van der Waals surface area contributed by atoms with Crippen molar-refractivity contribution in [3.63, 3.8) is 0 Å². The zero-order valence-electron chi connectivity index (χ0n) is 9.19. The Labute approximate surface area is 98.8 Å². The second kappa shape index (κ2) is 5.34. The molecular weight excluding hydrogens is 224 g/mol. The average Bonchev–Trinajstić information content (AvgIpc) is 2.49. The van der Waals surface area contributed by atoms with Crippen molar-refractivity contribution < 1.29 is 4.79 Å². The molecule has 0 radical (unpaired) electrons. The number of hydrogen-bond acceptors (Lipinski definition) is 4. The first kappa shape index (κ1) is 11.4. The molecular formula is C10H16N4OS. The Hall–Kier alpha value is -1.04. The van der Waals surface area contributed by atoms with Crippen molar-refractivity contribution in [3.05, 3.63) is 5.82 Å². The number of nitrogens with zero attached hydrogens (tertiary/aromatic N) is 3. The van der Waals surface area contributed by atoms with Gasteiger partial charge in [-0.2, -0.15) is 0 Å². The van der Waals surface area contributed by atoms with Crippen LogP contribution in [0.25, 0.3) is 0 Å². The third-order valence-electron chi connectivity index (χ3n) is 2.66. The summed E-state index contributed by atoms with van der Waals surface area (Å²) in [7, 11) is 0. The molecule has 0 spiro atoms. The molecule has 6 heteroatoms. The first-order chi connectivity index (χ1) is 7.77. The monoisotopic (exact) mass is 240 g/mol. The number of hydrogen-bond donors (Lipinski definition) is 1. The third-order valence-corrected chi connectivity index (χ3v) is 3.62. The van der Waals surface area contributed by atoms with Gasteiger partial charge in [0.1, 0.15) is 5.82 Å². The van der Waals surface area contributed by atoms with Gasteiger partial charge < -0.3 is 10.3 Å². The highest BCUT2D eigenvalue weighted by molar-refractivity contribution is 7.99. The van der Waals surface area contributed by atoms with E-state index >= 15 is 0 Å². The molecule has 1 aromatic rings. The fourth-order valence-corrected chi connectivity index (χ4v) is 2.74. The Kier molecular flexibility index (Phi) is 3.82. The van der Waals surface area contributed by atoms with E-state index in [9.17, 15) is 4.79 Å². The molecule has 1 aromatic heterocycles. The molecule has 5 nitrogen and oxygen atoms in total. The Bertz CT molecular complexity index is 377. The number of aromatic nitrogens is 3. The van der Waals surface area contributed by atoms with Crippen LogP contribution >= 0.6 is 11.8 Å². The maximum atomic E-state index is 10.6. The van der Waals surface area contributed by atoms with Gasteiger partial charge in [-0.1, -0.05) is 18.2 Å². The minimum atomic E-state index is -0.261. The fraction of sp³-hybridized carbons (Fsp3) is 0.700. The summed E-state index contributed by atoms with van der Waals surface area (Å²) in [6.07, 6.45) is 5.06. The lowest BCUT2D eigenvalue weighted by atomic mass is 10.2. The lowest BCUT2D eigenvalue weighted by Gasteiger charge is -2.05. The van der Waals surface area contributed by atoms with E-state index in [4.69, 9.17) is 5.73 Å². The molecule has 0 fully saturated rings. The van der Waals surface area contributed by atoms with Gasteiger partial charge in [0.05, 0.1) is 0 Å². The number of thioether (sulfide) groups is 1. The van der Waals surface area contributed by atoms with Crippen LogP contribution < -0.4 is 5.73 Å². The molecule has 2 heterocycles. The maximum absolute atomic E-state index is 10.6. The van der Waals surface area contributed by atoms with Crippen LogP contribution in [0.4, 0.5) is 0 Å². The lowest BCUT2D eigenvalue weighted by molar-refractivity contribution is -0.117. The molecule has 0 aromatic carbocycles. The number of rotatable bonds is 4. The Morgan fingerprint density at radius 3 is 3.06 bits per heavy atom. The number of amides is 1. The molecule has 0 saturated carbocycles. The number of fused-ring (bicyclic) bond motifs is 1. The van der Waals surface area contributed by atoms with Crippen LogP contribution in [0.5, 0.6) is 0 Å². The van der Waals surface area contributed by atoms with E-state index < -0.39 is 0 Å². The standard InChI is InChI=1S/C10H16N4OS/c11-8(15)5-7-16-10-13-12-9-4-2-1-3-6-14(9)10/h1-7H2,(H2,11,15). The van der Waals surface area contributed by atoms with Crippen molar-refractivity contribution >= 4 is 17.7 Å². The van der Waals surface area contributed by atoms with E-state index in [-0.39, 0.29) is 5.91 Å². The molecule has 0 unspecified atom stereocenters. The highest BCUT2D eigenvalue weighted by Crippen LogP contribution is 2.21. The largest absolute Gasteiger partial charge is 0.370 e. The second-order valence-corrected chi connectivity index (χ2v) is 4.99. The number of carbonyl (C=O) groups excluding carboxylic acids is 1. The van der Waals surface area contributed by atoms with Gasteiger partial charge in [-0.15, -0.1) is 10.2 Å². The molecule has 0 atom stereocenters. The van der Waals surface area contributed by atoms with E-state index in [0.717, 1.165) is 23.9 Å². The summed E-state index contributed by atoms with van der Waals surface area (Å²) in [6, 6.07) is 0. The van der Waals surface area contributed by atoms with E-state index in [2.05, 4.69) is 14.8 Å². The molecule has 0 bridgehead atoms. The molecule has 1 amide bonds. The summed E-state index contributed by atoms with van der Waals surface area (Å²) in [5.74, 6) is 1.51. The first-order valence-corrected chi connectivity index (χ1v) is 6.59. The number of primary amides is 1. The normalized spacial score (nSPS) is 15.5. The van der Waals surface area contributed by atoms with Crippen LogP contribution in [0.3, 0.4) is 0 Å². The summed E-state index contributed by atoms with van der Waals surface area (Å²) in [5, 5.41) is 9.28. The summed E-state index contributed by atoms with van der Waals surface area (Å²) < 4.78 is 2.18. The lowest BCUT2D eigenvalue weighted by Crippen LogP contribution is -2.11. The van der Waals surface area contributed by atoms with Crippen LogP contribution in [0.1, 0.15) is 31.5 Å². The quantitative estimate of drug-likeness (QED) is 0.796.